The minimum Gasteiger partial charge on any atom is -0.356 e. The molecular weight excluding hydrogens is 582 g/mol. The first kappa shape index (κ1) is 33.6. The Kier molecular flexibility index (Phi) is 11.6. The Morgan fingerprint density at radius 3 is 1.26 bits per heavy atom. The van der Waals surface area contributed by atoms with Crippen LogP contribution in [-0.4, -0.2) is 0 Å². The lowest BCUT2D eigenvalue weighted by Crippen LogP contribution is -2.17. The molecule has 4 aromatic rings. The molecule has 2 aliphatic rings. The lowest BCUT2D eigenvalue weighted by molar-refractivity contribution is 0.0270. The number of rotatable bonds is 12. The normalized spacial score (nSPS) is 22.9. The van der Waals surface area contributed by atoms with Crippen molar-refractivity contribution in [3.63, 3.8) is 0 Å². The third-order valence-corrected chi connectivity index (χ3v) is 11.1. The van der Waals surface area contributed by atoms with E-state index in [-0.39, 0.29) is 11.6 Å². The van der Waals surface area contributed by atoms with Crippen molar-refractivity contribution in [2.45, 2.75) is 115 Å². The first-order chi connectivity index (χ1) is 23.0. The van der Waals surface area contributed by atoms with Gasteiger partial charge in [0.15, 0.2) is 0 Å². The largest absolute Gasteiger partial charge is 0.356 e. The monoisotopic (exact) mass is 634 g/mol. The molecule has 0 heterocycles. The van der Waals surface area contributed by atoms with E-state index in [4.69, 9.17) is 4.74 Å². The van der Waals surface area contributed by atoms with Gasteiger partial charge in [-0.15, -0.1) is 0 Å². The van der Waals surface area contributed by atoms with Gasteiger partial charge in [0.2, 0.25) is 0 Å². The summed E-state index contributed by atoms with van der Waals surface area (Å²) in [6, 6.07) is 31.1. The van der Waals surface area contributed by atoms with Crippen LogP contribution in [0.15, 0.2) is 97.1 Å². The summed E-state index contributed by atoms with van der Waals surface area (Å²) in [6.45, 7) is 4.52. The molecule has 2 saturated carbocycles. The molecule has 0 amide bonds. The Bertz CT molecular complexity index is 1420. The number of hydrogen-bond acceptors (Lipinski definition) is 1. The van der Waals surface area contributed by atoms with Crippen molar-refractivity contribution in [1.29, 1.82) is 0 Å². The highest BCUT2D eigenvalue weighted by Gasteiger charge is 2.30. The van der Waals surface area contributed by atoms with E-state index in [1.54, 1.807) is 12.1 Å². The van der Waals surface area contributed by atoms with Crippen LogP contribution in [0.25, 0.3) is 0 Å². The second-order valence-electron chi connectivity index (χ2n) is 14.3. The van der Waals surface area contributed by atoms with Crippen LogP contribution in [0.2, 0.25) is 0 Å². The highest BCUT2D eigenvalue weighted by Crippen LogP contribution is 2.43. The Labute approximate surface area is 281 Å². The Balaban J connectivity index is 1.29. The highest BCUT2D eigenvalue weighted by molar-refractivity contribution is 5.38. The van der Waals surface area contributed by atoms with E-state index < -0.39 is 12.2 Å². The van der Waals surface area contributed by atoms with E-state index in [0.29, 0.717) is 23.0 Å². The van der Waals surface area contributed by atoms with Gasteiger partial charge in [-0.25, -0.2) is 8.78 Å². The Hall–Kier alpha value is -3.30. The minimum atomic E-state index is -0.705. The van der Waals surface area contributed by atoms with Crippen molar-refractivity contribution in [1.82, 2.24) is 0 Å². The maximum absolute atomic E-state index is 16.3. The molecule has 0 saturated heterocycles. The number of benzene rings is 4. The SMILES string of the molecule is CCCC1CCC(c2ccc(C(OC(c3ccccc3)c3ccc(C4CCC(CCC)CC4)cc3F)c3ccccc3)c(F)c2)CC1. The molecule has 0 aliphatic heterocycles. The molecule has 2 fully saturated rings. The molecule has 0 N–H and O–H groups in total. The summed E-state index contributed by atoms with van der Waals surface area (Å²) < 4.78 is 39.4. The average Bonchev–Trinajstić information content (AvgIpc) is 3.11. The summed E-state index contributed by atoms with van der Waals surface area (Å²) in [7, 11) is 0. The van der Waals surface area contributed by atoms with Gasteiger partial charge in [0, 0.05) is 11.1 Å². The van der Waals surface area contributed by atoms with Gasteiger partial charge in [-0.05, 0) is 109 Å². The maximum Gasteiger partial charge on any atom is 0.129 e. The zero-order chi connectivity index (χ0) is 32.6. The van der Waals surface area contributed by atoms with E-state index >= 15 is 8.78 Å². The van der Waals surface area contributed by atoms with Gasteiger partial charge in [0.25, 0.3) is 0 Å². The van der Waals surface area contributed by atoms with Crippen LogP contribution in [-0.2, 0) is 4.74 Å². The van der Waals surface area contributed by atoms with Gasteiger partial charge in [-0.3, -0.25) is 0 Å². The predicted molar refractivity (Wildman–Crippen MR) is 190 cm³/mol. The third-order valence-electron chi connectivity index (χ3n) is 11.1. The zero-order valence-electron chi connectivity index (χ0n) is 28.4. The third kappa shape index (κ3) is 8.23. The van der Waals surface area contributed by atoms with Crippen molar-refractivity contribution in [2.24, 2.45) is 11.8 Å². The highest BCUT2D eigenvalue weighted by atomic mass is 19.1. The summed E-state index contributed by atoms with van der Waals surface area (Å²) in [6.07, 6.45) is 13.0. The number of ether oxygens (including phenoxy) is 1. The average molecular weight is 635 g/mol. The van der Waals surface area contributed by atoms with Crippen molar-refractivity contribution >= 4 is 0 Å². The Morgan fingerprint density at radius 2 is 0.915 bits per heavy atom. The lowest BCUT2D eigenvalue weighted by Gasteiger charge is -2.30. The van der Waals surface area contributed by atoms with Crippen LogP contribution in [0.4, 0.5) is 8.78 Å². The fourth-order valence-electron chi connectivity index (χ4n) is 8.46. The van der Waals surface area contributed by atoms with E-state index in [1.807, 2.05) is 72.8 Å². The van der Waals surface area contributed by atoms with E-state index in [2.05, 4.69) is 26.0 Å². The van der Waals surface area contributed by atoms with Crippen LogP contribution in [0.5, 0.6) is 0 Å². The molecule has 0 radical (unpaired) electrons. The number of halogens is 2. The fraction of sp³-hybridized carbons (Fsp3) is 0.455. The summed E-state index contributed by atoms with van der Waals surface area (Å²) >= 11 is 0. The fourth-order valence-corrected chi connectivity index (χ4v) is 8.46. The molecule has 0 aromatic heterocycles. The minimum absolute atomic E-state index is 0.256. The standard InChI is InChI=1S/C44H52F2O/c1-3-11-31-17-21-33(22-18-31)37-25-27-39(41(45)29-37)43(35-13-7-5-8-14-35)47-44(36-15-9-6-10-16-36)40-28-26-38(30-42(40)46)34-23-19-32(12-4-2)20-24-34/h5-10,13-16,25-34,43-44H,3-4,11-12,17-24H2,1-2H3. The van der Waals surface area contributed by atoms with Crippen LogP contribution in [0.1, 0.15) is 148 Å². The van der Waals surface area contributed by atoms with Crippen LogP contribution in [0.3, 0.4) is 0 Å². The van der Waals surface area contributed by atoms with Gasteiger partial charge in [-0.1, -0.05) is 124 Å². The quantitative estimate of drug-likeness (QED) is 0.151. The summed E-state index contributed by atoms with van der Waals surface area (Å²) in [5.74, 6) is 1.90. The maximum atomic E-state index is 16.3. The molecule has 2 aliphatic carbocycles. The van der Waals surface area contributed by atoms with Crippen molar-refractivity contribution in [3.8, 4) is 0 Å². The van der Waals surface area contributed by atoms with E-state index in [0.717, 1.165) is 59.8 Å². The van der Waals surface area contributed by atoms with Gasteiger partial charge < -0.3 is 4.74 Å². The van der Waals surface area contributed by atoms with Crippen LogP contribution in [0, 0.1) is 23.5 Å². The molecule has 4 aromatic carbocycles. The first-order valence-electron chi connectivity index (χ1n) is 18.4. The zero-order valence-corrected chi connectivity index (χ0v) is 28.4. The van der Waals surface area contributed by atoms with Crippen molar-refractivity contribution in [3.05, 3.63) is 142 Å². The summed E-state index contributed by atoms with van der Waals surface area (Å²) in [4.78, 5) is 0. The van der Waals surface area contributed by atoms with Crippen molar-refractivity contribution < 1.29 is 13.5 Å². The number of hydrogen-bond donors (Lipinski definition) is 0. The van der Waals surface area contributed by atoms with Crippen LogP contribution >= 0.6 is 0 Å². The van der Waals surface area contributed by atoms with Gasteiger partial charge in [0.05, 0.1) is 0 Å². The molecule has 0 bridgehead atoms. The molecule has 47 heavy (non-hydrogen) atoms. The molecule has 1 nitrogen and oxygen atoms in total. The molecular formula is C44H52F2O. The molecule has 6 rings (SSSR count). The summed E-state index contributed by atoms with van der Waals surface area (Å²) in [5.41, 5.74) is 4.83. The van der Waals surface area contributed by atoms with E-state index in [1.165, 1.54) is 51.4 Å². The predicted octanol–water partition coefficient (Wildman–Crippen LogP) is 13.0. The smallest absolute Gasteiger partial charge is 0.129 e. The Morgan fingerprint density at radius 1 is 0.532 bits per heavy atom. The molecule has 2 atom stereocenters. The van der Waals surface area contributed by atoms with Crippen LogP contribution < -0.4 is 0 Å². The second kappa shape index (κ2) is 16.2. The molecule has 248 valence electrons. The van der Waals surface area contributed by atoms with E-state index in [9.17, 15) is 0 Å². The topological polar surface area (TPSA) is 9.23 Å². The first-order valence-corrected chi connectivity index (χ1v) is 18.4. The molecule has 2 unspecified atom stereocenters. The van der Waals surface area contributed by atoms with Gasteiger partial charge in [0.1, 0.15) is 23.8 Å². The lowest BCUT2D eigenvalue weighted by atomic mass is 9.77. The molecule has 0 spiro atoms. The molecule has 3 heteroatoms. The second-order valence-corrected chi connectivity index (χ2v) is 14.3. The van der Waals surface area contributed by atoms with Crippen molar-refractivity contribution in [2.75, 3.05) is 0 Å². The summed E-state index contributed by atoms with van der Waals surface area (Å²) in [5, 5.41) is 0. The van der Waals surface area contributed by atoms with Gasteiger partial charge in [-0.2, -0.15) is 0 Å². The van der Waals surface area contributed by atoms with Gasteiger partial charge >= 0.3 is 0 Å².